The van der Waals surface area contributed by atoms with Crippen molar-refractivity contribution < 1.29 is 19.1 Å². The van der Waals surface area contributed by atoms with Gasteiger partial charge in [0.25, 0.3) is 0 Å². The van der Waals surface area contributed by atoms with Crippen molar-refractivity contribution in [3.8, 4) is 0 Å². The molecule has 0 heterocycles. The molecule has 0 aromatic heterocycles. The van der Waals surface area contributed by atoms with Crippen LogP contribution in [-0.2, 0) is 31.9 Å². The Kier molecular flexibility index (Phi) is 11.3. The van der Waals surface area contributed by atoms with Crippen LogP contribution in [0.1, 0.15) is 57.1 Å². The van der Waals surface area contributed by atoms with Crippen molar-refractivity contribution in [3.05, 3.63) is 35.4 Å². The van der Waals surface area contributed by atoms with Crippen LogP contribution in [0.15, 0.2) is 24.3 Å². The van der Waals surface area contributed by atoms with E-state index in [4.69, 9.17) is 15.2 Å². The molecule has 2 N–H and O–H groups in total. The Morgan fingerprint density at radius 3 is 1.77 bits per heavy atom. The van der Waals surface area contributed by atoms with Gasteiger partial charge in [0.15, 0.2) is 0 Å². The largest absolute Gasteiger partial charge is 0.464 e. The number of aryl methyl sites for hydroxylation is 2. The zero-order valence-corrected chi connectivity index (χ0v) is 20.6. The maximum absolute atomic E-state index is 12.3. The van der Waals surface area contributed by atoms with Crippen LogP contribution in [0, 0.1) is 0 Å². The normalized spacial score (nSPS) is 11.9. The zero-order chi connectivity index (χ0) is 22.6. The third kappa shape index (κ3) is 9.43. The maximum Gasteiger partial charge on any atom is 0.337 e. The maximum atomic E-state index is 12.3. The van der Waals surface area contributed by atoms with Gasteiger partial charge >= 0.3 is 11.9 Å². The van der Waals surface area contributed by atoms with Crippen LogP contribution in [0.5, 0.6) is 0 Å². The quantitative estimate of drug-likeness (QED) is 0.195. The van der Waals surface area contributed by atoms with E-state index < -0.39 is 25.6 Å². The Hall–Kier alpha value is -1.66. The number of hydrogen-bond donors (Lipinski definition) is 1. The highest BCUT2D eigenvalue weighted by Crippen LogP contribution is 2.19. The second kappa shape index (κ2) is 12.9. The van der Waals surface area contributed by atoms with E-state index in [-0.39, 0.29) is 19.6 Å². The molecule has 1 aromatic rings. The molecular weight excluding hydrogens is 394 g/mol. The topological polar surface area (TPSA) is 78.6 Å². The number of rotatable bonds is 14. The van der Waals surface area contributed by atoms with Crippen LogP contribution < -0.4 is 5.73 Å². The van der Waals surface area contributed by atoms with Gasteiger partial charge in [0.2, 0.25) is 5.54 Å². The Bertz CT molecular complexity index is 634. The summed E-state index contributed by atoms with van der Waals surface area (Å²) >= 11 is 0. The summed E-state index contributed by atoms with van der Waals surface area (Å²) in [6.07, 6.45) is 6.91. The van der Waals surface area contributed by atoms with Crippen molar-refractivity contribution in [1.82, 2.24) is 0 Å². The van der Waals surface area contributed by atoms with Crippen molar-refractivity contribution in [1.29, 1.82) is 0 Å². The highest BCUT2D eigenvalue weighted by atomic mass is 28.3. The molecule has 0 radical (unpaired) electrons. The Morgan fingerprint density at radius 1 is 0.833 bits per heavy atom. The number of unbranched alkanes of at least 4 members (excludes halogenated alkanes) is 3. The number of benzene rings is 1. The lowest BCUT2D eigenvalue weighted by Crippen LogP contribution is -2.57. The van der Waals surface area contributed by atoms with Gasteiger partial charge in [0, 0.05) is 8.07 Å². The third-order valence-corrected chi connectivity index (χ3v) is 7.11. The number of ether oxygens (including phenoxy) is 2. The Morgan fingerprint density at radius 2 is 1.30 bits per heavy atom. The summed E-state index contributed by atoms with van der Waals surface area (Å²) in [5, 5.41) is 0. The average Bonchev–Trinajstić information content (AvgIpc) is 2.69. The number of carbonyl (C=O) groups excluding carboxylic acids is 2. The highest BCUT2D eigenvalue weighted by Gasteiger charge is 2.44. The Labute approximate surface area is 183 Å². The molecule has 0 aliphatic rings. The van der Waals surface area contributed by atoms with E-state index in [0.29, 0.717) is 6.42 Å². The van der Waals surface area contributed by atoms with Crippen LogP contribution in [-0.4, -0.2) is 38.8 Å². The number of hydrogen-bond acceptors (Lipinski definition) is 5. The second-order valence-corrected chi connectivity index (χ2v) is 14.8. The minimum absolute atomic E-state index is 0.154. The molecule has 170 valence electrons. The van der Waals surface area contributed by atoms with Crippen LogP contribution >= 0.6 is 0 Å². The van der Waals surface area contributed by atoms with Crippen molar-refractivity contribution in [2.75, 3.05) is 13.2 Å². The molecule has 30 heavy (non-hydrogen) atoms. The summed E-state index contributed by atoms with van der Waals surface area (Å²) in [6.45, 7) is 11.0. The van der Waals surface area contributed by atoms with Gasteiger partial charge in [0.1, 0.15) is 0 Å². The number of nitrogens with two attached hydrogens (primary N) is 1. The van der Waals surface area contributed by atoms with Gasteiger partial charge in [-0.3, -0.25) is 0 Å². The summed E-state index contributed by atoms with van der Waals surface area (Å²) in [5.74, 6) is -1.46. The summed E-state index contributed by atoms with van der Waals surface area (Å²) in [4.78, 5) is 24.5. The summed E-state index contributed by atoms with van der Waals surface area (Å²) in [6, 6.07) is 9.78. The van der Waals surface area contributed by atoms with Crippen molar-refractivity contribution in [3.63, 3.8) is 0 Å². The molecule has 0 atom stereocenters. The van der Waals surface area contributed by atoms with E-state index in [1.807, 2.05) is 0 Å². The van der Waals surface area contributed by atoms with E-state index in [0.717, 1.165) is 12.0 Å². The first kappa shape index (κ1) is 26.4. The highest BCUT2D eigenvalue weighted by molar-refractivity contribution is 6.76. The fourth-order valence-electron chi connectivity index (χ4n) is 3.36. The fraction of sp³-hybridized carbons (Fsp3) is 0.667. The van der Waals surface area contributed by atoms with E-state index >= 15 is 0 Å². The van der Waals surface area contributed by atoms with Crippen molar-refractivity contribution in [2.24, 2.45) is 5.73 Å². The molecule has 6 heteroatoms. The minimum Gasteiger partial charge on any atom is -0.464 e. The van der Waals surface area contributed by atoms with Crippen LogP contribution in [0.3, 0.4) is 0 Å². The molecular formula is C24H41NO4Si. The van der Waals surface area contributed by atoms with Gasteiger partial charge in [0.05, 0.1) is 13.2 Å². The molecule has 0 aliphatic heterocycles. The monoisotopic (exact) mass is 435 g/mol. The minimum atomic E-state index is -1.76. The fourth-order valence-corrected chi connectivity index (χ4v) is 4.67. The first-order valence-corrected chi connectivity index (χ1v) is 15.0. The van der Waals surface area contributed by atoms with Crippen LogP contribution in [0.4, 0.5) is 0 Å². The second-order valence-electron chi connectivity index (χ2n) is 9.20. The van der Waals surface area contributed by atoms with Gasteiger partial charge in [-0.05, 0) is 50.7 Å². The summed E-state index contributed by atoms with van der Waals surface area (Å²) < 4.78 is 10.0. The SMILES string of the molecule is CCOC(=O)C(N)(CCc1ccc(CCCCCC[Si](C)(C)C)cc1)C(=O)OCC. The summed E-state index contributed by atoms with van der Waals surface area (Å²) in [5.41, 5.74) is 6.71. The molecule has 0 aliphatic carbocycles. The van der Waals surface area contributed by atoms with Crippen molar-refractivity contribution >= 4 is 20.0 Å². The van der Waals surface area contributed by atoms with E-state index in [2.05, 4.69) is 43.9 Å². The van der Waals surface area contributed by atoms with Gasteiger partial charge in [-0.25, -0.2) is 9.59 Å². The molecule has 0 saturated heterocycles. The number of esters is 2. The molecule has 0 unspecified atom stereocenters. The van der Waals surface area contributed by atoms with E-state index in [1.54, 1.807) is 13.8 Å². The predicted octanol–water partition coefficient (Wildman–Crippen LogP) is 4.88. The van der Waals surface area contributed by atoms with Crippen LogP contribution in [0.2, 0.25) is 25.7 Å². The lowest BCUT2D eigenvalue weighted by molar-refractivity contribution is -0.164. The average molecular weight is 436 g/mol. The number of carbonyl (C=O) groups is 2. The van der Waals surface area contributed by atoms with E-state index in [9.17, 15) is 9.59 Å². The van der Waals surface area contributed by atoms with Gasteiger partial charge in [-0.15, -0.1) is 0 Å². The molecule has 0 spiro atoms. The molecule has 0 bridgehead atoms. The summed E-state index contributed by atoms with van der Waals surface area (Å²) in [7, 11) is -0.900. The first-order chi connectivity index (χ1) is 14.1. The molecule has 0 saturated carbocycles. The third-order valence-electron chi connectivity index (χ3n) is 5.25. The molecule has 1 aromatic carbocycles. The molecule has 1 rings (SSSR count). The lowest BCUT2D eigenvalue weighted by Gasteiger charge is -2.24. The lowest BCUT2D eigenvalue weighted by atomic mass is 9.91. The molecule has 0 amide bonds. The van der Waals surface area contributed by atoms with Crippen LogP contribution in [0.25, 0.3) is 0 Å². The van der Waals surface area contributed by atoms with Crippen molar-refractivity contribution in [2.45, 2.75) is 90.0 Å². The zero-order valence-electron chi connectivity index (χ0n) is 19.6. The smallest absolute Gasteiger partial charge is 0.337 e. The van der Waals surface area contributed by atoms with E-state index in [1.165, 1.54) is 37.3 Å². The molecule has 0 fully saturated rings. The molecule has 5 nitrogen and oxygen atoms in total. The predicted molar refractivity (Wildman–Crippen MR) is 125 cm³/mol. The van der Waals surface area contributed by atoms with Gasteiger partial charge in [-0.2, -0.15) is 0 Å². The standard InChI is InChI=1S/C24H41NO4Si/c1-6-28-22(26)24(25,23(27)29-7-2)18-17-21-15-13-20(14-16-21)12-10-8-9-11-19-30(3,4)5/h13-16H,6-12,17-19,25H2,1-5H3. The Balaban J connectivity index is 2.52. The van der Waals surface area contributed by atoms with Gasteiger partial charge in [-0.1, -0.05) is 69.2 Å². The first-order valence-electron chi connectivity index (χ1n) is 11.3. The van der Waals surface area contributed by atoms with Gasteiger partial charge < -0.3 is 15.2 Å².